The summed E-state index contributed by atoms with van der Waals surface area (Å²) in [6.07, 6.45) is 0.0791. The maximum Gasteiger partial charge on any atom is 0.108 e. The molecule has 0 saturated heterocycles. The zero-order chi connectivity index (χ0) is 12.6. The summed E-state index contributed by atoms with van der Waals surface area (Å²) in [5, 5.41) is 0. The minimum absolute atomic E-state index is 0.0791. The molecule has 92 valence electrons. The third kappa shape index (κ3) is 1.85. The van der Waals surface area contributed by atoms with Crippen LogP contribution in [0.5, 0.6) is 0 Å². The van der Waals surface area contributed by atoms with Gasteiger partial charge in [0.1, 0.15) is 6.10 Å². The van der Waals surface area contributed by atoms with Gasteiger partial charge in [-0.25, -0.2) is 0 Å². The molecule has 0 N–H and O–H groups in total. The van der Waals surface area contributed by atoms with Crippen LogP contribution >= 0.6 is 0 Å². The van der Waals surface area contributed by atoms with Crippen molar-refractivity contribution in [3.63, 3.8) is 0 Å². The first-order valence-corrected chi connectivity index (χ1v) is 6.44. The van der Waals surface area contributed by atoms with Crippen LogP contribution in [0.25, 0.3) is 0 Å². The largest absolute Gasteiger partial charge is 0.368 e. The summed E-state index contributed by atoms with van der Waals surface area (Å²) in [5.74, 6) is 0. The van der Waals surface area contributed by atoms with E-state index in [0.717, 1.165) is 6.61 Å². The van der Waals surface area contributed by atoms with E-state index in [-0.39, 0.29) is 11.5 Å². The van der Waals surface area contributed by atoms with Crippen LogP contribution in [0.2, 0.25) is 0 Å². The molecule has 1 aliphatic heterocycles. The summed E-state index contributed by atoms with van der Waals surface area (Å²) in [7, 11) is 0. The molecule has 1 atom stereocenters. The number of benzene rings is 2. The zero-order valence-corrected chi connectivity index (χ0v) is 10.9. The number of hydrogen-bond acceptors (Lipinski definition) is 1. The van der Waals surface area contributed by atoms with Crippen molar-refractivity contribution in [2.45, 2.75) is 25.4 Å². The fraction of sp³-hybridized carbons (Fsp3) is 0.294. The zero-order valence-electron chi connectivity index (χ0n) is 10.9. The predicted molar refractivity (Wildman–Crippen MR) is 73.7 cm³/mol. The minimum atomic E-state index is 0.0791. The van der Waals surface area contributed by atoms with Crippen molar-refractivity contribution in [3.05, 3.63) is 71.3 Å². The van der Waals surface area contributed by atoms with Crippen LogP contribution in [0.4, 0.5) is 0 Å². The van der Waals surface area contributed by atoms with E-state index in [1.165, 1.54) is 16.7 Å². The highest BCUT2D eigenvalue weighted by atomic mass is 16.5. The second kappa shape index (κ2) is 4.25. The van der Waals surface area contributed by atoms with Gasteiger partial charge in [0, 0.05) is 5.41 Å². The van der Waals surface area contributed by atoms with Gasteiger partial charge in [0.25, 0.3) is 0 Å². The van der Waals surface area contributed by atoms with Crippen LogP contribution in [0.15, 0.2) is 54.6 Å². The van der Waals surface area contributed by atoms with Gasteiger partial charge in [0.05, 0.1) is 6.61 Å². The van der Waals surface area contributed by atoms with Gasteiger partial charge < -0.3 is 4.74 Å². The molecule has 3 rings (SSSR count). The summed E-state index contributed by atoms with van der Waals surface area (Å²) in [6.45, 7) is 5.25. The Labute approximate surface area is 108 Å². The molecule has 0 spiro atoms. The van der Waals surface area contributed by atoms with Crippen molar-refractivity contribution in [2.75, 3.05) is 6.61 Å². The maximum atomic E-state index is 6.11. The van der Waals surface area contributed by atoms with Gasteiger partial charge in [-0.15, -0.1) is 0 Å². The molecule has 0 aromatic heterocycles. The monoisotopic (exact) mass is 238 g/mol. The van der Waals surface area contributed by atoms with Gasteiger partial charge in [0.15, 0.2) is 0 Å². The quantitative estimate of drug-likeness (QED) is 0.727. The van der Waals surface area contributed by atoms with Crippen molar-refractivity contribution >= 4 is 0 Å². The summed E-state index contributed by atoms with van der Waals surface area (Å²) < 4.78 is 6.11. The topological polar surface area (TPSA) is 9.23 Å². The van der Waals surface area contributed by atoms with Crippen molar-refractivity contribution in [1.29, 1.82) is 0 Å². The first kappa shape index (κ1) is 11.5. The van der Waals surface area contributed by atoms with E-state index in [2.05, 4.69) is 62.4 Å². The lowest BCUT2D eigenvalue weighted by atomic mass is 9.78. The molecule has 0 bridgehead atoms. The molecule has 0 fully saturated rings. The van der Waals surface area contributed by atoms with Gasteiger partial charge in [0.2, 0.25) is 0 Å². The van der Waals surface area contributed by atoms with Crippen molar-refractivity contribution in [2.24, 2.45) is 0 Å². The molecule has 1 heterocycles. The fourth-order valence-electron chi connectivity index (χ4n) is 2.70. The molecular weight excluding hydrogens is 220 g/mol. The first-order valence-electron chi connectivity index (χ1n) is 6.44. The normalized spacial score (nSPS) is 21.3. The van der Waals surface area contributed by atoms with Crippen LogP contribution in [0.3, 0.4) is 0 Å². The number of fused-ring (bicyclic) bond motifs is 1. The summed E-state index contributed by atoms with van der Waals surface area (Å²) in [5.41, 5.74) is 4.05. The number of ether oxygens (including phenoxy) is 1. The smallest absolute Gasteiger partial charge is 0.108 e. The molecule has 1 aliphatic rings. The lowest BCUT2D eigenvalue weighted by molar-refractivity contribution is 0.0300. The van der Waals surface area contributed by atoms with E-state index in [9.17, 15) is 0 Å². The summed E-state index contributed by atoms with van der Waals surface area (Å²) in [4.78, 5) is 0. The minimum Gasteiger partial charge on any atom is -0.368 e. The molecule has 0 saturated carbocycles. The molecular formula is C17H18O. The van der Waals surface area contributed by atoms with Gasteiger partial charge in [-0.3, -0.25) is 0 Å². The molecule has 2 aromatic rings. The Hall–Kier alpha value is -1.60. The molecule has 0 aliphatic carbocycles. The standard InChI is InChI=1S/C17H18O/c1-17(2)12-18-16(13-8-4-3-5-9-13)14-10-6-7-11-15(14)17/h3-11,16H,12H2,1-2H3. The Kier molecular flexibility index (Phi) is 2.71. The summed E-state index contributed by atoms with van der Waals surface area (Å²) >= 11 is 0. The van der Waals surface area contributed by atoms with Crippen molar-refractivity contribution < 1.29 is 4.74 Å². The highest BCUT2D eigenvalue weighted by Gasteiger charge is 2.33. The average molecular weight is 238 g/mol. The Balaban J connectivity index is 2.11. The van der Waals surface area contributed by atoms with E-state index in [1.807, 2.05) is 6.07 Å². The fourth-order valence-corrected chi connectivity index (χ4v) is 2.70. The molecule has 1 heteroatoms. The van der Waals surface area contributed by atoms with Gasteiger partial charge >= 0.3 is 0 Å². The van der Waals surface area contributed by atoms with Crippen LogP contribution in [-0.4, -0.2) is 6.61 Å². The van der Waals surface area contributed by atoms with E-state index >= 15 is 0 Å². The van der Waals surface area contributed by atoms with Crippen LogP contribution in [-0.2, 0) is 10.2 Å². The first-order chi connectivity index (χ1) is 8.68. The Morgan fingerprint density at radius 1 is 0.944 bits per heavy atom. The van der Waals surface area contributed by atoms with Crippen LogP contribution < -0.4 is 0 Å². The molecule has 1 unspecified atom stereocenters. The highest BCUT2D eigenvalue weighted by molar-refractivity contribution is 5.41. The number of rotatable bonds is 1. The second-order valence-electron chi connectivity index (χ2n) is 5.57. The van der Waals surface area contributed by atoms with Gasteiger partial charge in [-0.2, -0.15) is 0 Å². The van der Waals surface area contributed by atoms with E-state index < -0.39 is 0 Å². The van der Waals surface area contributed by atoms with E-state index in [0.29, 0.717) is 0 Å². The average Bonchev–Trinajstić information content (AvgIpc) is 2.40. The van der Waals surface area contributed by atoms with Crippen LogP contribution in [0.1, 0.15) is 36.6 Å². The summed E-state index contributed by atoms with van der Waals surface area (Å²) in [6, 6.07) is 19.1. The predicted octanol–water partition coefficient (Wildman–Crippen LogP) is 4.08. The van der Waals surface area contributed by atoms with E-state index in [1.54, 1.807) is 0 Å². The van der Waals surface area contributed by atoms with Crippen molar-refractivity contribution in [3.8, 4) is 0 Å². The maximum absolute atomic E-state index is 6.11. The molecule has 0 radical (unpaired) electrons. The highest BCUT2D eigenvalue weighted by Crippen LogP contribution is 2.40. The molecule has 0 amide bonds. The Morgan fingerprint density at radius 3 is 2.39 bits per heavy atom. The van der Waals surface area contributed by atoms with Gasteiger partial charge in [-0.1, -0.05) is 68.4 Å². The third-order valence-electron chi connectivity index (χ3n) is 3.69. The Morgan fingerprint density at radius 2 is 1.61 bits per heavy atom. The second-order valence-corrected chi connectivity index (χ2v) is 5.57. The lowest BCUT2D eigenvalue weighted by Crippen LogP contribution is -2.32. The van der Waals surface area contributed by atoms with Crippen molar-refractivity contribution in [1.82, 2.24) is 0 Å². The Bertz CT molecular complexity index is 543. The SMILES string of the molecule is CC1(C)COC(c2ccccc2)c2ccccc21. The lowest BCUT2D eigenvalue weighted by Gasteiger charge is -2.37. The van der Waals surface area contributed by atoms with Gasteiger partial charge in [-0.05, 0) is 16.7 Å². The third-order valence-corrected chi connectivity index (χ3v) is 3.69. The molecule has 1 nitrogen and oxygen atoms in total. The molecule has 18 heavy (non-hydrogen) atoms. The number of hydrogen-bond donors (Lipinski definition) is 0. The molecule has 2 aromatic carbocycles. The van der Waals surface area contributed by atoms with Crippen LogP contribution in [0, 0.1) is 0 Å². The van der Waals surface area contributed by atoms with E-state index in [4.69, 9.17) is 4.74 Å².